The number of hydrogen-bond donors (Lipinski definition) is 0. The maximum Gasteiger partial charge on any atom is 0.149 e. The molecule has 0 aromatic rings. The second kappa shape index (κ2) is 9.71. The number of nitriles is 1. The number of unbranched alkanes of at least 4 members (excludes halogenated alkanes) is 5. The third kappa shape index (κ3) is 7.13. The molecule has 0 aliphatic carbocycles. The quantitative estimate of drug-likeness (QED) is 0.541. The molecule has 86 valence electrons. The van der Waals surface area contributed by atoms with Gasteiger partial charge >= 0.3 is 0 Å². The first kappa shape index (κ1) is 14.2. The molecule has 0 aromatic heterocycles. The lowest BCUT2D eigenvalue weighted by Gasteiger charge is -2.05. The minimum absolute atomic E-state index is 0.103. The summed E-state index contributed by atoms with van der Waals surface area (Å²) in [5.41, 5.74) is 0. The van der Waals surface area contributed by atoms with Crippen LogP contribution in [0.15, 0.2) is 0 Å². The molecule has 1 unspecified atom stereocenters. The largest absolute Gasteiger partial charge is 0.298 e. The van der Waals surface area contributed by atoms with Crippen LogP contribution in [0.2, 0.25) is 0 Å². The third-order valence-electron chi connectivity index (χ3n) is 2.74. The van der Waals surface area contributed by atoms with Crippen molar-refractivity contribution in [2.24, 2.45) is 5.92 Å². The lowest BCUT2D eigenvalue weighted by Crippen LogP contribution is -2.10. The van der Waals surface area contributed by atoms with Crippen molar-refractivity contribution in [3.05, 3.63) is 0 Å². The summed E-state index contributed by atoms with van der Waals surface area (Å²) in [6.45, 7) is 4.03. The van der Waals surface area contributed by atoms with Gasteiger partial charge in [0, 0.05) is 6.42 Å². The van der Waals surface area contributed by atoms with E-state index >= 15 is 0 Å². The van der Waals surface area contributed by atoms with Crippen molar-refractivity contribution in [1.29, 1.82) is 5.26 Å². The van der Waals surface area contributed by atoms with Crippen molar-refractivity contribution in [2.75, 3.05) is 0 Å². The van der Waals surface area contributed by atoms with Gasteiger partial charge in [-0.3, -0.25) is 4.79 Å². The van der Waals surface area contributed by atoms with Gasteiger partial charge in [-0.15, -0.1) is 0 Å². The minimum atomic E-state index is -0.346. The number of rotatable bonds is 9. The molecule has 0 saturated carbocycles. The Morgan fingerprint density at radius 2 is 1.73 bits per heavy atom. The fourth-order valence-corrected chi connectivity index (χ4v) is 1.67. The Hall–Kier alpha value is -0.840. The van der Waals surface area contributed by atoms with Crippen molar-refractivity contribution in [1.82, 2.24) is 0 Å². The highest BCUT2D eigenvalue weighted by molar-refractivity contribution is 5.82. The van der Waals surface area contributed by atoms with Gasteiger partial charge < -0.3 is 0 Å². The van der Waals surface area contributed by atoms with Crippen molar-refractivity contribution in [3.63, 3.8) is 0 Å². The predicted molar refractivity (Wildman–Crippen MR) is 62.4 cm³/mol. The summed E-state index contributed by atoms with van der Waals surface area (Å²) in [7, 11) is 0. The van der Waals surface area contributed by atoms with E-state index < -0.39 is 0 Å². The molecule has 15 heavy (non-hydrogen) atoms. The summed E-state index contributed by atoms with van der Waals surface area (Å²) in [5.74, 6) is -0.243. The highest BCUT2D eigenvalue weighted by atomic mass is 16.1. The van der Waals surface area contributed by atoms with Crippen LogP contribution in [0.3, 0.4) is 0 Å². The van der Waals surface area contributed by atoms with E-state index in [1.807, 2.05) is 6.92 Å². The lowest BCUT2D eigenvalue weighted by molar-refractivity contribution is -0.121. The fourth-order valence-electron chi connectivity index (χ4n) is 1.67. The van der Waals surface area contributed by atoms with E-state index in [4.69, 9.17) is 5.26 Å². The normalized spacial score (nSPS) is 12.1. The van der Waals surface area contributed by atoms with E-state index in [2.05, 4.69) is 13.0 Å². The first-order valence-corrected chi connectivity index (χ1v) is 6.18. The zero-order valence-corrected chi connectivity index (χ0v) is 10.1. The molecule has 0 aliphatic heterocycles. The Morgan fingerprint density at radius 1 is 1.13 bits per heavy atom. The summed E-state index contributed by atoms with van der Waals surface area (Å²) < 4.78 is 0. The Bertz CT molecular complexity index is 205. The van der Waals surface area contributed by atoms with Gasteiger partial charge in [-0.1, -0.05) is 52.4 Å². The van der Waals surface area contributed by atoms with E-state index in [-0.39, 0.29) is 11.7 Å². The molecule has 0 aliphatic rings. The first-order valence-electron chi connectivity index (χ1n) is 6.18. The van der Waals surface area contributed by atoms with Gasteiger partial charge in [0.05, 0.1) is 6.07 Å². The minimum Gasteiger partial charge on any atom is -0.298 e. The number of ketones is 1. The maximum absolute atomic E-state index is 11.3. The van der Waals surface area contributed by atoms with Gasteiger partial charge in [-0.25, -0.2) is 0 Å². The SMILES string of the molecule is CCCCCCCCC(C#N)C(=O)CC. The van der Waals surface area contributed by atoms with Gasteiger partial charge in [0.1, 0.15) is 11.7 Å². The number of Topliss-reactive ketones (excluding diaryl/α,β-unsaturated/α-hetero) is 1. The standard InChI is InChI=1S/C13H23NO/c1-3-5-6-7-8-9-10-12(11-14)13(15)4-2/h12H,3-10H2,1-2H3. The second-order valence-electron chi connectivity index (χ2n) is 4.06. The van der Waals surface area contributed by atoms with Crippen LogP contribution >= 0.6 is 0 Å². The summed E-state index contributed by atoms with van der Waals surface area (Å²) in [4.78, 5) is 11.3. The summed E-state index contributed by atoms with van der Waals surface area (Å²) in [5, 5.41) is 8.80. The molecule has 1 atom stereocenters. The van der Waals surface area contributed by atoms with E-state index in [0.717, 1.165) is 19.3 Å². The molecule has 2 heteroatoms. The first-order chi connectivity index (χ1) is 7.26. The summed E-state index contributed by atoms with van der Waals surface area (Å²) in [6.07, 6.45) is 8.53. The van der Waals surface area contributed by atoms with E-state index in [1.165, 1.54) is 25.7 Å². The van der Waals surface area contributed by atoms with Gasteiger partial charge in [0.15, 0.2) is 0 Å². The molecule has 2 nitrogen and oxygen atoms in total. The van der Waals surface area contributed by atoms with E-state index in [0.29, 0.717) is 6.42 Å². The highest BCUT2D eigenvalue weighted by Gasteiger charge is 2.14. The highest BCUT2D eigenvalue weighted by Crippen LogP contribution is 2.13. The zero-order chi connectivity index (χ0) is 11.5. The molecule has 0 saturated heterocycles. The fraction of sp³-hybridized carbons (Fsp3) is 0.846. The molecule has 0 rings (SSSR count). The van der Waals surface area contributed by atoms with Crippen molar-refractivity contribution in [3.8, 4) is 6.07 Å². The molecule has 0 N–H and O–H groups in total. The zero-order valence-electron chi connectivity index (χ0n) is 10.1. The number of carbonyl (C=O) groups excluding carboxylic acids is 1. The van der Waals surface area contributed by atoms with Crippen LogP contribution in [-0.2, 0) is 4.79 Å². The number of nitrogens with zero attached hydrogens (tertiary/aromatic N) is 1. The van der Waals surface area contributed by atoms with E-state index in [1.54, 1.807) is 0 Å². The van der Waals surface area contributed by atoms with Crippen LogP contribution in [0.5, 0.6) is 0 Å². The van der Waals surface area contributed by atoms with Gasteiger partial charge in [0.2, 0.25) is 0 Å². The van der Waals surface area contributed by atoms with Crippen LogP contribution in [0.25, 0.3) is 0 Å². The van der Waals surface area contributed by atoms with Gasteiger partial charge in [-0.2, -0.15) is 5.26 Å². The molecule has 0 amide bonds. The van der Waals surface area contributed by atoms with Gasteiger partial charge in [0.25, 0.3) is 0 Å². The van der Waals surface area contributed by atoms with Crippen LogP contribution in [0.4, 0.5) is 0 Å². The predicted octanol–water partition coefficient (Wildman–Crippen LogP) is 3.86. The van der Waals surface area contributed by atoms with Crippen LogP contribution in [0.1, 0.15) is 65.2 Å². The maximum atomic E-state index is 11.3. The average Bonchev–Trinajstić information content (AvgIpc) is 2.27. The van der Waals surface area contributed by atoms with Crippen LogP contribution < -0.4 is 0 Å². The van der Waals surface area contributed by atoms with Crippen LogP contribution in [0, 0.1) is 17.2 Å². The Labute approximate surface area is 93.7 Å². The molecule has 0 spiro atoms. The number of hydrogen-bond acceptors (Lipinski definition) is 2. The monoisotopic (exact) mass is 209 g/mol. The second-order valence-corrected chi connectivity index (χ2v) is 4.06. The average molecular weight is 209 g/mol. The summed E-state index contributed by atoms with van der Waals surface area (Å²) >= 11 is 0. The van der Waals surface area contributed by atoms with Crippen molar-refractivity contribution >= 4 is 5.78 Å². The molecule has 0 bridgehead atoms. The molecular weight excluding hydrogens is 186 g/mol. The third-order valence-corrected chi connectivity index (χ3v) is 2.74. The van der Waals surface area contributed by atoms with Gasteiger partial charge in [-0.05, 0) is 6.42 Å². The summed E-state index contributed by atoms with van der Waals surface area (Å²) in [6, 6.07) is 2.11. The molecule has 0 radical (unpaired) electrons. The number of carbonyl (C=O) groups is 1. The smallest absolute Gasteiger partial charge is 0.149 e. The Kier molecular flexibility index (Phi) is 9.16. The van der Waals surface area contributed by atoms with Crippen molar-refractivity contribution in [2.45, 2.75) is 65.2 Å². The van der Waals surface area contributed by atoms with Crippen molar-refractivity contribution < 1.29 is 4.79 Å². The molecule has 0 aromatic carbocycles. The topological polar surface area (TPSA) is 40.9 Å². The lowest BCUT2D eigenvalue weighted by atomic mass is 9.96. The Balaban J connectivity index is 3.48. The van der Waals surface area contributed by atoms with E-state index in [9.17, 15) is 4.79 Å². The molecular formula is C13H23NO. The van der Waals surface area contributed by atoms with Crippen LogP contribution in [-0.4, -0.2) is 5.78 Å². The molecule has 0 heterocycles. The Morgan fingerprint density at radius 3 is 2.27 bits per heavy atom. The molecule has 0 fully saturated rings.